The maximum atomic E-state index is 14.0. The minimum Gasteiger partial charge on any atom is -0.494 e. The minimum atomic E-state index is -0.856. The molecule has 0 atom stereocenters. The van der Waals surface area contributed by atoms with Crippen molar-refractivity contribution in [2.24, 2.45) is 11.3 Å². The molecule has 3 fully saturated rings. The smallest absolute Gasteiger partial charge is 0.325 e. The molecule has 1 spiro atoms. The second kappa shape index (κ2) is 9.76. The molecule has 4 amide bonds. The van der Waals surface area contributed by atoms with Crippen LogP contribution in [-0.4, -0.2) is 77.9 Å². The highest BCUT2D eigenvalue weighted by Gasteiger charge is 2.53. The Morgan fingerprint density at radius 2 is 1.80 bits per heavy atom. The maximum Gasteiger partial charge on any atom is 0.325 e. The molecule has 35 heavy (non-hydrogen) atoms. The van der Waals surface area contributed by atoms with Gasteiger partial charge in [0.15, 0.2) is 11.6 Å². The highest BCUT2D eigenvalue weighted by atomic mass is 19.1. The number of hydrogen-bond acceptors (Lipinski definition) is 5. The summed E-state index contributed by atoms with van der Waals surface area (Å²) in [6.07, 6.45) is 3.01. The number of ether oxygens (including phenoxy) is 1. The van der Waals surface area contributed by atoms with Crippen LogP contribution in [0.25, 0.3) is 0 Å². The summed E-state index contributed by atoms with van der Waals surface area (Å²) in [4.78, 5) is 43.8. The third-order valence-corrected chi connectivity index (χ3v) is 7.95. The lowest BCUT2D eigenvalue weighted by molar-refractivity contribution is -0.140. The average Bonchev–Trinajstić information content (AvgIpc) is 3.03. The topological polar surface area (TPSA) is 82.2 Å². The zero-order valence-corrected chi connectivity index (χ0v) is 21.2. The number of urea groups is 1. The van der Waals surface area contributed by atoms with Gasteiger partial charge >= 0.3 is 6.03 Å². The molecule has 3 aliphatic rings. The Hall–Kier alpha value is -2.68. The van der Waals surface area contributed by atoms with E-state index in [9.17, 15) is 18.8 Å². The van der Waals surface area contributed by atoms with Crippen LogP contribution >= 0.6 is 0 Å². The van der Waals surface area contributed by atoms with Gasteiger partial charge in [0, 0.05) is 32.7 Å². The van der Waals surface area contributed by atoms with Crippen molar-refractivity contribution in [1.29, 1.82) is 0 Å². The van der Waals surface area contributed by atoms with Gasteiger partial charge in [0.1, 0.15) is 12.1 Å². The lowest BCUT2D eigenvalue weighted by Gasteiger charge is -2.40. The zero-order valence-electron chi connectivity index (χ0n) is 21.2. The average molecular weight is 489 g/mol. The molecule has 8 nitrogen and oxygen atoms in total. The van der Waals surface area contributed by atoms with Crippen LogP contribution in [0.3, 0.4) is 0 Å². The van der Waals surface area contributed by atoms with Gasteiger partial charge in [0.25, 0.3) is 5.91 Å². The van der Waals surface area contributed by atoms with Crippen molar-refractivity contribution < 1.29 is 23.5 Å². The first-order valence-electron chi connectivity index (χ1n) is 12.5. The number of hydrogen-bond donors (Lipinski definition) is 1. The Morgan fingerprint density at radius 1 is 1.14 bits per heavy atom. The van der Waals surface area contributed by atoms with Gasteiger partial charge in [0.05, 0.1) is 7.11 Å². The maximum absolute atomic E-state index is 14.0. The summed E-state index contributed by atoms with van der Waals surface area (Å²) in [7, 11) is 1.44. The number of piperazine rings is 1. The predicted molar refractivity (Wildman–Crippen MR) is 129 cm³/mol. The van der Waals surface area contributed by atoms with Crippen molar-refractivity contribution in [2.75, 3.05) is 39.8 Å². The van der Waals surface area contributed by atoms with E-state index in [1.54, 1.807) is 11.0 Å². The van der Waals surface area contributed by atoms with Crippen molar-refractivity contribution in [3.8, 4) is 5.75 Å². The number of imide groups is 1. The van der Waals surface area contributed by atoms with Crippen LogP contribution in [0, 0.1) is 17.2 Å². The van der Waals surface area contributed by atoms with Crippen molar-refractivity contribution in [1.82, 2.24) is 20.0 Å². The number of rotatable bonds is 5. The predicted octanol–water partition coefficient (Wildman–Crippen LogP) is 3.01. The summed E-state index contributed by atoms with van der Waals surface area (Å²) in [5.41, 5.74) is 0.159. The number of carbonyl (C=O) groups excluding carboxylic acids is 3. The summed E-state index contributed by atoms with van der Waals surface area (Å²) in [5.74, 6) is -0.141. The van der Waals surface area contributed by atoms with Crippen LogP contribution in [0.15, 0.2) is 18.2 Å². The quantitative estimate of drug-likeness (QED) is 0.645. The number of methoxy groups -OCH3 is 1. The first-order chi connectivity index (χ1) is 16.5. The fourth-order valence-corrected chi connectivity index (χ4v) is 5.59. The number of carbonyl (C=O) groups is 3. The normalized spacial score (nSPS) is 25.8. The Labute approximate surface area is 206 Å². The van der Waals surface area contributed by atoms with Crippen LogP contribution in [-0.2, 0) is 16.1 Å². The van der Waals surface area contributed by atoms with Gasteiger partial charge in [-0.3, -0.25) is 19.4 Å². The first kappa shape index (κ1) is 25.4. The van der Waals surface area contributed by atoms with E-state index in [0.717, 1.165) is 23.3 Å². The largest absolute Gasteiger partial charge is 0.494 e. The van der Waals surface area contributed by atoms with Crippen molar-refractivity contribution in [2.45, 2.75) is 58.5 Å². The van der Waals surface area contributed by atoms with Gasteiger partial charge in [-0.05, 0) is 54.7 Å². The Morgan fingerprint density at radius 3 is 2.37 bits per heavy atom. The molecule has 1 saturated carbocycles. The lowest BCUT2D eigenvalue weighted by Crippen LogP contribution is -2.52. The van der Waals surface area contributed by atoms with E-state index in [1.807, 2.05) is 6.07 Å². The summed E-state index contributed by atoms with van der Waals surface area (Å²) < 4.78 is 18.9. The number of benzene rings is 1. The fraction of sp³-hybridized carbons (Fsp3) is 0.654. The minimum absolute atomic E-state index is 0.173. The number of halogens is 1. The molecule has 0 unspecified atom stereocenters. The summed E-state index contributed by atoms with van der Waals surface area (Å²) in [6.45, 7) is 9.27. The molecule has 1 aromatic carbocycles. The fourth-order valence-electron chi connectivity index (χ4n) is 5.59. The number of nitrogens with one attached hydrogen (secondary N) is 1. The zero-order chi connectivity index (χ0) is 25.4. The van der Waals surface area contributed by atoms with Crippen LogP contribution in [0.4, 0.5) is 9.18 Å². The molecule has 2 heterocycles. The SMILES string of the molecule is COc1ccc(CN2CCN(C(=O)CN3C(=O)NC4(CCC(C(C)(C)C)CC4)C3=O)CC2)cc1F. The molecule has 1 N–H and O–H groups in total. The summed E-state index contributed by atoms with van der Waals surface area (Å²) >= 11 is 0. The number of amides is 4. The molecule has 0 bridgehead atoms. The Balaban J connectivity index is 1.28. The standard InChI is InChI=1S/C26H37FN4O4/c1-25(2,3)19-7-9-26(10-8-19)23(33)31(24(34)28-26)17-22(32)30-13-11-29(12-14-30)16-18-5-6-21(35-4)20(27)15-18/h5-6,15,19H,7-14,16-17H2,1-4H3,(H,28,34). The van der Waals surface area contributed by atoms with Crippen LogP contribution < -0.4 is 10.1 Å². The molecule has 0 aromatic heterocycles. The van der Waals surface area contributed by atoms with Crippen molar-refractivity contribution >= 4 is 17.8 Å². The summed E-state index contributed by atoms with van der Waals surface area (Å²) in [6, 6.07) is 4.46. The molecule has 9 heteroatoms. The van der Waals surface area contributed by atoms with Gasteiger partial charge < -0.3 is 15.0 Å². The van der Waals surface area contributed by atoms with Crippen LogP contribution in [0.2, 0.25) is 0 Å². The van der Waals surface area contributed by atoms with Gasteiger partial charge in [-0.15, -0.1) is 0 Å². The monoisotopic (exact) mass is 488 g/mol. The van der Waals surface area contributed by atoms with Gasteiger partial charge in [-0.2, -0.15) is 0 Å². The van der Waals surface area contributed by atoms with E-state index < -0.39 is 17.4 Å². The lowest BCUT2D eigenvalue weighted by atomic mass is 9.67. The van der Waals surface area contributed by atoms with E-state index in [4.69, 9.17) is 4.74 Å². The summed E-state index contributed by atoms with van der Waals surface area (Å²) in [5, 5.41) is 2.92. The molecule has 4 rings (SSSR count). The molecule has 2 aliphatic heterocycles. The molecular formula is C26H37FN4O4. The van der Waals surface area contributed by atoms with E-state index in [1.165, 1.54) is 13.2 Å². The van der Waals surface area contributed by atoms with Crippen molar-refractivity contribution in [3.63, 3.8) is 0 Å². The van der Waals surface area contributed by atoms with Gasteiger partial charge in [-0.1, -0.05) is 26.8 Å². The first-order valence-corrected chi connectivity index (χ1v) is 12.5. The molecular weight excluding hydrogens is 451 g/mol. The molecule has 1 aliphatic carbocycles. The van der Waals surface area contributed by atoms with Gasteiger partial charge in [-0.25, -0.2) is 9.18 Å². The molecule has 2 saturated heterocycles. The third kappa shape index (κ3) is 5.29. The Bertz CT molecular complexity index is 976. The van der Waals surface area contributed by atoms with Gasteiger partial charge in [0.2, 0.25) is 5.91 Å². The number of nitrogens with zero attached hydrogens (tertiary/aromatic N) is 3. The van der Waals surface area contributed by atoms with E-state index in [2.05, 4.69) is 31.0 Å². The second-order valence-electron chi connectivity index (χ2n) is 11.2. The second-order valence-corrected chi connectivity index (χ2v) is 11.2. The molecule has 1 aromatic rings. The highest BCUT2D eigenvalue weighted by Crippen LogP contribution is 2.43. The van der Waals surface area contributed by atoms with Crippen LogP contribution in [0.5, 0.6) is 5.75 Å². The Kier molecular flexibility index (Phi) is 7.09. The van der Waals surface area contributed by atoms with Crippen molar-refractivity contribution in [3.05, 3.63) is 29.6 Å². The molecule has 0 radical (unpaired) electrons. The molecule has 192 valence electrons. The van der Waals surface area contributed by atoms with E-state index in [-0.39, 0.29) is 29.5 Å². The highest BCUT2D eigenvalue weighted by molar-refractivity contribution is 6.09. The van der Waals surface area contributed by atoms with E-state index >= 15 is 0 Å². The third-order valence-electron chi connectivity index (χ3n) is 7.95. The van der Waals surface area contributed by atoms with E-state index in [0.29, 0.717) is 51.5 Å². The van der Waals surface area contributed by atoms with Crippen LogP contribution in [0.1, 0.15) is 52.0 Å².